The van der Waals surface area contributed by atoms with Crippen molar-refractivity contribution in [1.29, 1.82) is 0 Å². The lowest BCUT2D eigenvalue weighted by molar-refractivity contribution is -0.121. The number of anilines is 1. The molecule has 3 rings (SSSR count). The molecular formula is C18H25N5O4. The summed E-state index contributed by atoms with van der Waals surface area (Å²) in [4.78, 5) is 43.6. The largest absolute Gasteiger partial charge is 0.462 e. The van der Waals surface area contributed by atoms with Crippen molar-refractivity contribution in [2.75, 3.05) is 44.2 Å². The first kappa shape index (κ1) is 19.1. The Hall–Kier alpha value is -2.68. The van der Waals surface area contributed by atoms with Gasteiger partial charge in [-0.25, -0.2) is 14.6 Å². The van der Waals surface area contributed by atoms with Crippen molar-refractivity contribution >= 4 is 23.7 Å². The second kappa shape index (κ2) is 8.81. The fourth-order valence-corrected chi connectivity index (χ4v) is 2.86. The van der Waals surface area contributed by atoms with E-state index >= 15 is 0 Å². The zero-order valence-electron chi connectivity index (χ0n) is 15.4. The number of hydrogen-bond acceptors (Lipinski definition) is 7. The molecule has 2 N–H and O–H groups in total. The minimum atomic E-state index is -0.410. The molecule has 2 heterocycles. The average Bonchev–Trinajstić information content (AvgIpc) is 3.46. The van der Waals surface area contributed by atoms with Gasteiger partial charge in [-0.2, -0.15) is 0 Å². The van der Waals surface area contributed by atoms with Crippen molar-refractivity contribution in [3.8, 4) is 0 Å². The van der Waals surface area contributed by atoms with E-state index in [0.29, 0.717) is 38.3 Å². The van der Waals surface area contributed by atoms with Gasteiger partial charge in [0, 0.05) is 38.4 Å². The van der Waals surface area contributed by atoms with Crippen molar-refractivity contribution in [3.05, 3.63) is 23.9 Å². The molecule has 27 heavy (non-hydrogen) atoms. The smallest absolute Gasteiger partial charge is 0.339 e. The molecule has 146 valence electrons. The predicted molar refractivity (Wildman–Crippen MR) is 98.5 cm³/mol. The van der Waals surface area contributed by atoms with Gasteiger partial charge >= 0.3 is 12.0 Å². The summed E-state index contributed by atoms with van der Waals surface area (Å²) in [5.41, 5.74) is 0.431. The zero-order chi connectivity index (χ0) is 19.2. The van der Waals surface area contributed by atoms with Crippen LogP contribution in [0.25, 0.3) is 0 Å². The summed E-state index contributed by atoms with van der Waals surface area (Å²) in [6.45, 7) is 5.11. The fourth-order valence-electron chi connectivity index (χ4n) is 2.86. The Labute approximate surface area is 158 Å². The first-order valence-corrected chi connectivity index (χ1v) is 9.26. The van der Waals surface area contributed by atoms with Crippen LogP contribution in [-0.2, 0) is 9.53 Å². The first-order chi connectivity index (χ1) is 13.0. The van der Waals surface area contributed by atoms with Crippen LogP contribution in [0.3, 0.4) is 0 Å². The Morgan fingerprint density at radius 3 is 2.52 bits per heavy atom. The Morgan fingerprint density at radius 2 is 1.93 bits per heavy atom. The molecule has 0 radical (unpaired) electrons. The summed E-state index contributed by atoms with van der Waals surface area (Å²) < 4.78 is 4.95. The van der Waals surface area contributed by atoms with Gasteiger partial charge < -0.3 is 15.0 Å². The Balaban J connectivity index is 1.42. The molecule has 1 aromatic rings. The van der Waals surface area contributed by atoms with Crippen molar-refractivity contribution in [2.24, 2.45) is 0 Å². The molecule has 1 aromatic heterocycles. The number of urea groups is 1. The van der Waals surface area contributed by atoms with Gasteiger partial charge in [0.1, 0.15) is 5.82 Å². The van der Waals surface area contributed by atoms with Gasteiger partial charge in [0.05, 0.1) is 18.7 Å². The summed E-state index contributed by atoms with van der Waals surface area (Å²) in [5, 5.41) is 5.10. The van der Waals surface area contributed by atoms with Crippen LogP contribution in [0.5, 0.6) is 0 Å². The second-order valence-corrected chi connectivity index (χ2v) is 6.68. The lowest BCUT2D eigenvalue weighted by Gasteiger charge is -2.34. The number of amides is 3. The third-order valence-electron chi connectivity index (χ3n) is 4.49. The molecule has 0 aromatic carbocycles. The number of carbonyl (C=O) groups is 3. The van der Waals surface area contributed by atoms with Gasteiger partial charge in [0.2, 0.25) is 5.91 Å². The summed E-state index contributed by atoms with van der Waals surface area (Å²) >= 11 is 0. The zero-order valence-corrected chi connectivity index (χ0v) is 15.4. The van der Waals surface area contributed by atoms with E-state index < -0.39 is 6.03 Å². The summed E-state index contributed by atoms with van der Waals surface area (Å²) in [5.74, 6) is 0.118. The van der Waals surface area contributed by atoms with Crippen LogP contribution in [-0.4, -0.2) is 73.2 Å². The van der Waals surface area contributed by atoms with Crippen molar-refractivity contribution < 1.29 is 19.1 Å². The molecule has 1 saturated heterocycles. The molecule has 2 fully saturated rings. The molecule has 2 aliphatic rings. The molecule has 0 unspecified atom stereocenters. The first-order valence-electron chi connectivity index (χ1n) is 9.26. The predicted octanol–water partition coefficient (Wildman–Crippen LogP) is 0.369. The number of esters is 1. The van der Waals surface area contributed by atoms with E-state index in [2.05, 4.69) is 20.5 Å². The third kappa shape index (κ3) is 5.65. The number of pyridine rings is 1. The highest BCUT2D eigenvalue weighted by Gasteiger charge is 2.25. The number of rotatable bonds is 6. The van der Waals surface area contributed by atoms with E-state index in [0.717, 1.165) is 18.7 Å². The van der Waals surface area contributed by atoms with Crippen LogP contribution in [0, 0.1) is 0 Å². The molecule has 3 amide bonds. The monoisotopic (exact) mass is 375 g/mol. The molecule has 1 aliphatic heterocycles. The Bertz CT molecular complexity index is 681. The lowest BCUT2D eigenvalue weighted by atomic mass is 10.2. The molecular weight excluding hydrogens is 350 g/mol. The topological polar surface area (TPSA) is 104 Å². The standard InChI is InChI=1S/C18H25N5O4/c1-2-27-17(25)13-3-6-15(19-11-13)23-9-7-22(8-10-23)12-16(24)21-18(26)20-14-4-5-14/h3,6,11,14H,2,4-5,7-10,12H2,1H3,(H2,20,21,24,26). The van der Waals surface area contributed by atoms with Gasteiger partial charge in [-0.1, -0.05) is 0 Å². The van der Waals surface area contributed by atoms with Crippen LogP contribution >= 0.6 is 0 Å². The minimum Gasteiger partial charge on any atom is -0.462 e. The van der Waals surface area contributed by atoms with E-state index in [4.69, 9.17) is 4.74 Å². The fraction of sp³-hybridized carbons (Fsp3) is 0.556. The third-order valence-corrected chi connectivity index (χ3v) is 4.49. The van der Waals surface area contributed by atoms with Crippen LogP contribution in [0.4, 0.5) is 10.6 Å². The number of carbonyl (C=O) groups excluding carboxylic acids is 3. The number of imide groups is 1. The van der Waals surface area contributed by atoms with Crippen LogP contribution in [0.1, 0.15) is 30.1 Å². The normalized spacial score (nSPS) is 17.3. The molecule has 0 bridgehead atoms. The lowest BCUT2D eigenvalue weighted by Crippen LogP contribution is -2.51. The van der Waals surface area contributed by atoms with Gasteiger partial charge in [-0.3, -0.25) is 15.0 Å². The van der Waals surface area contributed by atoms with Crippen molar-refractivity contribution in [1.82, 2.24) is 20.5 Å². The maximum Gasteiger partial charge on any atom is 0.339 e. The number of piperazine rings is 1. The number of nitrogens with zero attached hydrogens (tertiary/aromatic N) is 3. The highest BCUT2D eigenvalue weighted by Crippen LogP contribution is 2.18. The quantitative estimate of drug-likeness (QED) is 0.692. The van der Waals surface area contributed by atoms with Crippen LogP contribution in [0.15, 0.2) is 18.3 Å². The van der Waals surface area contributed by atoms with E-state index in [1.807, 2.05) is 4.90 Å². The Morgan fingerprint density at radius 1 is 1.19 bits per heavy atom. The summed E-state index contributed by atoms with van der Waals surface area (Å²) in [7, 11) is 0. The molecule has 1 saturated carbocycles. The Kier molecular flexibility index (Phi) is 6.23. The van der Waals surface area contributed by atoms with Crippen LogP contribution < -0.4 is 15.5 Å². The van der Waals surface area contributed by atoms with Gasteiger partial charge in [-0.05, 0) is 31.9 Å². The molecule has 0 atom stereocenters. The van der Waals surface area contributed by atoms with Gasteiger partial charge in [-0.15, -0.1) is 0 Å². The SMILES string of the molecule is CCOC(=O)c1ccc(N2CCN(CC(=O)NC(=O)NC3CC3)CC2)nc1. The number of nitrogens with one attached hydrogen (secondary N) is 2. The maximum absolute atomic E-state index is 11.9. The van der Waals surface area contributed by atoms with E-state index in [9.17, 15) is 14.4 Å². The highest BCUT2D eigenvalue weighted by atomic mass is 16.5. The van der Waals surface area contributed by atoms with E-state index in [1.165, 1.54) is 6.20 Å². The van der Waals surface area contributed by atoms with Crippen LogP contribution in [0.2, 0.25) is 0 Å². The molecule has 0 spiro atoms. The molecule has 1 aliphatic carbocycles. The van der Waals surface area contributed by atoms with Gasteiger partial charge in [0.15, 0.2) is 0 Å². The molecule has 9 nitrogen and oxygen atoms in total. The van der Waals surface area contributed by atoms with Gasteiger partial charge in [0.25, 0.3) is 0 Å². The van der Waals surface area contributed by atoms with Crippen molar-refractivity contribution in [2.45, 2.75) is 25.8 Å². The summed E-state index contributed by atoms with van der Waals surface area (Å²) in [6, 6.07) is 3.33. The number of aromatic nitrogens is 1. The van der Waals surface area contributed by atoms with E-state index in [1.54, 1.807) is 19.1 Å². The second-order valence-electron chi connectivity index (χ2n) is 6.68. The maximum atomic E-state index is 11.9. The van der Waals surface area contributed by atoms with E-state index in [-0.39, 0.29) is 24.5 Å². The minimum absolute atomic E-state index is 0.196. The summed E-state index contributed by atoms with van der Waals surface area (Å²) in [6.07, 6.45) is 3.49. The number of ether oxygens (including phenoxy) is 1. The van der Waals surface area contributed by atoms with Crippen molar-refractivity contribution in [3.63, 3.8) is 0 Å². The average molecular weight is 375 g/mol. The molecule has 9 heteroatoms. The highest BCUT2D eigenvalue weighted by molar-refractivity contribution is 5.95. The number of hydrogen-bond donors (Lipinski definition) is 2.